The van der Waals surface area contributed by atoms with Crippen molar-refractivity contribution in [1.82, 2.24) is 5.32 Å². The Morgan fingerprint density at radius 3 is 2.50 bits per heavy atom. The molecule has 0 fully saturated rings. The third-order valence-electron chi connectivity index (χ3n) is 1.03. The topological polar surface area (TPSA) is 92.4 Å². The number of carboxylic acids is 1. The standard InChI is InChI=1S/C6H12N2O3S2.CH4/c1-4(9)8-3-13-12-2-5(7)6(10)11;/h5H,2-3,7H2,1H3,(H,8,9)(H,10,11);1H4. The summed E-state index contributed by atoms with van der Waals surface area (Å²) in [4.78, 5) is 20.7. The summed E-state index contributed by atoms with van der Waals surface area (Å²) < 4.78 is 0. The van der Waals surface area contributed by atoms with Gasteiger partial charge < -0.3 is 16.2 Å². The van der Waals surface area contributed by atoms with Gasteiger partial charge in [0.2, 0.25) is 5.91 Å². The monoisotopic (exact) mass is 240 g/mol. The van der Waals surface area contributed by atoms with Crippen molar-refractivity contribution < 1.29 is 14.7 Å². The Bertz CT molecular complexity index is 190. The molecule has 5 nitrogen and oxygen atoms in total. The minimum atomic E-state index is -1.01. The Hall–Kier alpha value is -0.400. The highest BCUT2D eigenvalue weighted by molar-refractivity contribution is 8.76. The first kappa shape index (κ1) is 16.0. The van der Waals surface area contributed by atoms with Gasteiger partial charge in [0, 0.05) is 12.7 Å². The first-order valence-corrected chi connectivity index (χ1v) is 6.00. The van der Waals surface area contributed by atoms with E-state index in [0.29, 0.717) is 11.6 Å². The lowest BCUT2D eigenvalue weighted by atomic mass is 10.4. The van der Waals surface area contributed by atoms with Gasteiger partial charge in [0.05, 0.1) is 5.88 Å². The number of carbonyl (C=O) groups is 2. The van der Waals surface area contributed by atoms with Crippen molar-refractivity contribution in [2.75, 3.05) is 11.6 Å². The van der Waals surface area contributed by atoms with Crippen molar-refractivity contribution in [3.63, 3.8) is 0 Å². The van der Waals surface area contributed by atoms with Crippen LogP contribution in [-0.4, -0.2) is 34.7 Å². The number of rotatable bonds is 6. The molecule has 84 valence electrons. The van der Waals surface area contributed by atoms with Gasteiger partial charge in [-0.1, -0.05) is 29.0 Å². The summed E-state index contributed by atoms with van der Waals surface area (Å²) in [6.45, 7) is 1.42. The van der Waals surface area contributed by atoms with Crippen LogP contribution in [-0.2, 0) is 9.59 Å². The van der Waals surface area contributed by atoms with Crippen molar-refractivity contribution in [1.29, 1.82) is 0 Å². The number of hydrogen-bond donors (Lipinski definition) is 3. The molecule has 0 heterocycles. The molecule has 0 spiro atoms. The average molecular weight is 240 g/mol. The summed E-state index contributed by atoms with van der Waals surface area (Å²) in [7, 11) is 2.70. The number of carbonyl (C=O) groups excluding carboxylic acids is 1. The van der Waals surface area contributed by atoms with E-state index in [2.05, 4.69) is 5.32 Å². The Morgan fingerprint density at radius 1 is 1.50 bits per heavy atom. The van der Waals surface area contributed by atoms with E-state index in [1.165, 1.54) is 28.5 Å². The fourth-order valence-electron chi connectivity index (χ4n) is 0.365. The van der Waals surface area contributed by atoms with Gasteiger partial charge in [-0.15, -0.1) is 0 Å². The van der Waals surface area contributed by atoms with E-state index in [4.69, 9.17) is 10.8 Å². The smallest absolute Gasteiger partial charge is 0.321 e. The van der Waals surface area contributed by atoms with Crippen molar-refractivity contribution in [2.24, 2.45) is 5.73 Å². The van der Waals surface area contributed by atoms with E-state index in [-0.39, 0.29) is 13.3 Å². The summed E-state index contributed by atoms with van der Waals surface area (Å²) >= 11 is 0. The minimum absolute atomic E-state index is 0. The number of amides is 1. The van der Waals surface area contributed by atoms with E-state index in [0.717, 1.165) is 0 Å². The van der Waals surface area contributed by atoms with Crippen LogP contribution in [0.5, 0.6) is 0 Å². The Kier molecular flexibility index (Phi) is 10.5. The van der Waals surface area contributed by atoms with Crippen LogP contribution in [0.4, 0.5) is 0 Å². The molecule has 14 heavy (non-hydrogen) atoms. The molecular formula is C7H16N2O3S2. The van der Waals surface area contributed by atoms with Gasteiger partial charge in [0.1, 0.15) is 6.04 Å². The number of carboxylic acid groups (broad SMARTS) is 1. The second-order valence-corrected chi connectivity index (χ2v) is 4.73. The highest BCUT2D eigenvalue weighted by atomic mass is 33.1. The first-order valence-electron chi connectivity index (χ1n) is 3.51. The normalized spacial score (nSPS) is 11.3. The van der Waals surface area contributed by atoms with Gasteiger partial charge in [-0.2, -0.15) is 0 Å². The van der Waals surface area contributed by atoms with Crippen molar-refractivity contribution >= 4 is 33.5 Å². The fraction of sp³-hybridized carbons (Fsp3) is 0.714. The lowest BCUT2D eigenvalue weighted by Crippen LogP contribution is -2.32. The quantitative estimate of drug-likeness (QED) is 0.356. The van der Waals surface area contributed by atoms with E-state index < -0.39 is 12.0 Å². The number of hydrogen-bond acceptors (Lipinski definition) is 5. The zero-order valence-corrected chi connectivity index (χ0v) is 8.78. The van der Waals surface area contributed by atoms with Crippen molar-refractivity contribution in [2.45, 2.75) is 20.4 Å². The van der Waals surface area contributed by atoms with Gasteiger partial charge >= 0.3 is 5.97 Å². The van der Waals surface area contributed by atoms with Crippen LogP contribution in [0.1, 0.15) is 14.4 Å². The molecule has 0 bridgehead atoms. The lowest BCUT2D eigenvalue weighted by Gasteiger charge is -2.04. The molecule has 0 rings (SSSR count). The minimum Gasteiger partial charge on any atom is -0.480 e. The van der Waals surface area contributed by atoms with Crippen LogP contribution in [0.15, 0.2) is 0 Å². The van der Waals surface area contributed by atoms with Crippen LogP contribution < -0.4 is 11.1 Å². The number of nitrogens with one attached hydrogen (secondary N) is 1. The molecule has 0 radical (unpaired) electrons. The molecule has 4 N–H and O–H groups in total. The highest BCUT2D eigenvalue weighted by Gasteiger charge is 2.10. The summed E-state index contributed by atoms with van der Waals surface area (Å²) in [6, 6.07) is -0.838. The highest BCUT2D eigenvalue weighted by Crippen LogP contribution is 2.19. The maximum atomic E-state index is 10.4. The van der Waals surface area contributed by atoms with Crippen molar-refractivity contribution in [3.8, 4) is 0 Å². The van der Waals surface area contributed by atoms with Gasteiger partial charge in [-0.25, -0.2) is 0 Å². The molecule has 0 saturated heterocycles. The summed E-state index contributed by atoms with van der Waals surface area (Å²) in [5.74, 6) is -0.311. The fourth-order valence-corrected chi connectivity index (χ4v) is 2.25. The summed E-state index contributed by atoms with van der Waals surface area (Å²) in [5, 5.41) is 11.0. The third-order valence-corrected chi connectivity index (χ3v) is 3.21. The molecule has 0 aromatic heterocycles. The largest absolute Gasteiger partial charge is 0.480 e. The van der Waals surface area contributed by atoms with E-state index in [1.807, 2.05) is 0 Å². The number of aliphatic carboxylic acids is 1. The predicted molar refractivity (Wildman–Crippen MR) is 61.1 cm³/mol. The lowest BCUT2D eigenvalue weighted by molar-refractivity contribution is -0.137. The second-order valence-electron chi connectivity index (χ2n) is 2.22. The zero-order chi connectivity index (χ0) is 10.3. The van der Waals surface area contributed by atoms with E-state index >= 15 is 0 Å². The molecule has 1 unspecified atom stereocenters. The van der Waals surface area contributed by atoms with Crippen LogP contribution in [0.25, 0.3) is 0 Å². The van der Waals surface area contributed by atoms with Gasteiger partial charge in [-0.3, -0.25) is 9.59 Å². The molecule has 0 aromatic rings. The van der Waals surface area contributed by atoms with E-state index in [9.17, 15) is 9.59 Å². The molecule has 7 heteroatoms. The molecule has 1 amide bonds. The number of nitrogens with two attached hydrogens (primary N) is 1. The molecular weight excluding hydrogens is 224 g/mol. The van der Waals surface area contributed by atoms with Gasteiger partial charge in [-0.05, 0) is 0 Å². The van der Waals surface area contributed by atoms with Crippen LogP contribution in [0.2, 0.25) is 0 Å². The molecule has 0 aliphatic carbocycles. The summed E-state index contributed by atoms with van der Waals surface area (Å²) in [6.07, 6.45) is 0. The summed E-state index contributed by atoms with van der Waals surface area (Å²) in [5.41, 5.74) is 5.24. The Labute approximate surface area is 91.6 Å². The van der Waals surface area contributed by atoms with Crippen molar-refractivity contribution in [3.05, 3.63) is 0 Å². The first-order chi connectivity index (χ1) is 6.04. The third kappa shape index (κ3) is 9.69. The average Bonchev–Trinajstić information content (AvgIpc) is 2.02. The predicted octanol–water partition coefficient (Wildman–Crippen LogP) is 0.509. The maximum absolute atomic E-state index is 10.4. The Morgan fingerprint density at radius 2 is 2.07 bits per heavy atom. The second kappa shape index (κ2) is 9.17. The maximum Gasteiger partial charge on any atom is 0.321 e. The molecule has 1 atom stereocenters. The SMILES string of the molecule is C.CC(=O)NCSSCC(N)C(=O)O. The molecule has 0 saturated carbocycles. The molecule has 0 aliphatic heterocycles. The molecule has 0 aromatic carbocycles. The van der Waals surface area contributed by atoms with Crippen LogP contribution in [0, 0.1) is 0 Å². The Balaban J connectivity index is 0. The van der Waals surface area contributed by atoms with Gasteiger partial charge in [0.15, 0.2) is 0 Å². The zero-order valence-electron chi connectivity index (χ0n) is 7.15. The molecule has 0 aliphatic rings. The van der Waals surface area contributed by atoms with E-state index in [1.54, 1.807) is 0 Å². The van der Waals surface area contributed by atoms with Crippen LogP contribution in [0.3, 0.4) is 0 Å². The van der Waals surface area contributed by atoms with Crippen LogP contribution >= 0.6 is 21.6 Å². The van der Waals surface area contributed by atoms with Gasteiger partial charge in [0.25, 0.3) is 0 Å².